The van der Waals surface area contributed by atoms with Crippen molar-refractivity contribution in [1.29, 1.82) is 0 Å². The van der Waals surface area contributed by atoms with Crippen molar-refractivity contribution in [2.45, 2.75) is 26.2 Å². The zero-order valence-corrected chi connectivity index (χ0v) is 7.91. The van der Waals surface area contributed by atoms with E-state index in [0.717, 1.165) is 12.0 Å². The van der Waals surface area contributed by atoms with E-state index in [1.165, 1.54) is 6.47 Å². The number of ether oxygens (including phenoxy) is 1. The summed E-state index contributed by atoms with van der Waals surface area (Å²) in [5, 5.41) is 0. The average Bonchev–Trinajstić information content (AvgIpc) is 2.18. The Morgan fingerprint density at radius 2 is 2.15 bits per heavy atom. The zero-order chi connectivity index (χ0) is 9.68. The summed E-state index contributed by atoms with van der Waals surface area (Å²) in [5.74, 6) is 1.02. The minimum atomic E-state index is 0.407. The number of rotatable bonds is 4. The number of benzene rings is 1. The largest absolute Gasteiger partial charge is 0.423 e. The Kier molecular flexibility index (Phi) is 3.50. The first-order valence-corrected chi connectivity index (χ1v) is 4.42. The molecule has 1 atom stereocenters. The highest BCUT2D eigenvalue weighted by Gasteiger charge is 2.08. The molecule has 1 aromatic carbocycles. The van der Waals surface area contributed by atoms with Crippen molar-refractivity contribution in [1.82, 2.24) is 0 Å². The zero-order valence-electron chi connectivity index (χ0n) is 7.91. The lowest BCUT2D eigenvalue weighted by atomic mass is 9.98. The summed E-state index contributed by atoms with van der Waals surface area (Å²) in [7, 11) is 0. The fraction of sp³-hybridized carbons (Fsp3) is 0.364. The molecule has 0 fully saturated rings. The van der Waals surface area contributed by atoms with Crippen LogP contribution in [-0.4, -0.2) is 6.47 Å². The predicted octanol–water partition coefficient (Wildman–Crippen LogP) is 2.65. The fourth-order valence-corrected chi connectivity index (χ4v) is 1.25. The second-order valence-corrected chi connectivity index (χ2v) is 3.03. The van der Waals surface area contributed by atoms with Crippen LogP contribution in [0.1, 0.15) is 31.7 Å². The normalized spacial score (nSPS) is 12.2. The molecule has 2 heteroatoms. The lowest BCUT2D eigenvalue weighted by Crippen LogP contribution is -1.97. The molecule has 0 aromatic heterocycles. The lowest BCUT2D eigenvalue weighted by molar-refractivity contribution is 0.437. The second-order valence-electron chi connectivity index (χ2n) is 3.03. The summed E-state index contributed by atoms with van der Waals surface area (Å²) in [6.07, 6.45) is 1.03. The van der Waals surface area contributed by atoms with Gasteiger partial charge in [0.25, 0.3) is 0 Å². The van der Waals surface area contributed by atoms with Crippen LogP contribution in [0, 0.1) is 0 Å². The summed E-state index contributed by atoms with van der Waals surface area (Å²) in [5.41, 5.74) is 1.06. The molecule has 0 heterocycles. The van der Waals surface area contributed by atoms with Crippen LogP contribution in [0.5, 0.6) is 5.75 Å². The van der Waals surface area contributed by atoms with E-state index in [-0.39, 0.29) is 0 Å². The maximum absolute atomic E-state index is 10.1. The third-order valence-electron chi connectivity index (χ3n) is 2.21. The van der Waals surface area contributed by atoms with Crippen LogP contribution in [-0.2, 0) is 4.79 Å². The minimum absolute atomic E-state index is 0.407. The number of carbonyl (C=O) groups excluding carboxylic acids is 1. The predicted molar refractivity (Wildman–Crippen MR) is 51.5 cm³/mol. The molecule has 0 saturated carbocycles. The number of para-hydroxylation sites is 1. The fourth-order valence-electron chi connectivity index (χ4n) is 1.25. The van der Waals surface area contributed by atoms with Gasteiger partial charge in [0.05, 0.1) is 0 Å². The van der Waals surface area contributed by atoms with Gasteiger partial charge >= 0.3 is 6.47 Å². The Labute approximate surface area is 78.5 Å². The summed E-state index contributed by atoms with van der Waals surface area (Å²) in [4.78, 5) is 10.1. The van der Waals surface area contributed by atoms with E-state index in [0.29, 0.717) is 11.7 Å². The molecule has 13 heavy (non-hydrogen) atoms. The highest BCUT2D eigenvalue weighted by molar-refractivity contribution is 5.49. The molecule has 0 N–H and O–H groups in total. The highest BCUT2D eigenvalue weighted by atomic mass is 16.5. The van der Waals surface area contributed by atoms with Crippen molar-refractivity contribution in [3.8, 4) is 5.75 Å². The minimum Gasteiger partial charge on any atom is -0.418 e. The van der Waals surface area contributed by atoms with Gasteiger partial charge in [-0.1, -0.05) is 32.0 Å². The lowest BCUT2D eigenvalue weighted by Gasteiger charge is -2.11. The molecule has 0 spiro atoms. The van der Waals surface area contributed by atoms with Gasteiger partial charge in [0.2, 0.25) is 0 Å². The van der Waals surface area contributed by atoms with Crippen LogP contribution in [0.4, 0.5) is 0 Å². The molecule has 0 aliphatic heterocycles. The van der Waals surface area contributed by atoms with Crippen LogP contribution in [0.3, 0.4) is 0 Å². The van der Waals surface area contributed by atoms with E-state index in [2.05, 4.69) is 13.8 Å². The Morgan fingerprint density at radius 1 is 1.46 bits per heavy atom. The molecule has 0 aliphatic rings. The molecule has 0 amide bonds. The van der Waals surface area contributed by atoms with E-state index < -0.39 is 0 Å². The smallest absolute Gasteiger partial charge is 0.418 e. The molecule has 0 aliphatic carbocycles. The van der Waals surface area contributed by atoms with Gasteiger partial charge in [-0.15, -0.1) is 0 Å². The van der Waals surface area contributed by atoms with Gasteiger partial charge in [-0.2, -0.15) is 0 Å². The standard InChI is InChI=1S/C11H13O2/c1-3-9(2)10-6-4-5-7-11(10)13-8-12/h4-7,9H,3H2,1-2H3. The maximum atomic E-state index is 10.1. The van der Waals surface area contributed by atoms with Gasteiger partial charge in [0.15, 0.2) is 0 Å². The van der Waals surface area contributed by atoms with E-state index >= 15 is 0 Å². The third kappa shape index (κ3) is 2.31. The van der Waals surface area contributed by atoms with E-state index in [9.17, 15) is 4.79 Å². The SMILES string of the molecule is CCC(C)c1ccccc1O[C]=O. The number of hydrogen-bond donors (Lipinski definition) is 0. The summed E-state index contributed by atoms with van der Waals surface area (Å²) < 4.78 is 4.75. The van der Waals surface area contributed by atoms with Gasteiger partial charge < -0.3 is 4.74 Å². The quantitative estimate of drug-likeness (QED) is 0.706. The average molecular weight is 177 g/mol. The van der Waals surface area contributed by atoms with Gasteiger partial charge in [0.1, 0.15) is 5.75 Å². The Hall–Kier alpha value is -1.31. The second kappa shape index (κ2) is 4.65. The van der Waals surface area contributed by atoms with Crippen molar-refractivity contribution < 1.29 is 9.53 Å². The Bertz CT molecular complexity index is 281. The molecule has 1 unspecified atom stereocenters. The number of hydrogen-bond acceptors (Lipinski definition) is 2. The summed E-state index contributed by atoms with van der Waals surface area (Å²) in [6.45, 7) is 5.66. The van der Waals surface area contributed by atoms with Crippen molar-refractivity contribution in [2.75, 3.05) is 0 Å². The molecule has 1 radical (unpaired) electrons. The Balaban J connectivity index is 2.96. The molecular weight excluding hydrogens is 164 g/mol. The van der Waals surface area contributed by atoms with Crippen molar-refractivity contribution in [2.24, 2.45) is 0 Å². The first-order chi connectivity index (χ1) is 6.29. The molecule has 69 valence electrons. The van der Waals surface area contributed by atoms with Gasteiger partial charge in [0, 0.05) is 0 Å². The monoisotopic (exact) mass is 177 g/mol. The Morgan fingerprint density at radius 3 is 2.77 bits per heavy atom. The van der Waals surface area contributed by atoms with Crippen molar-refractivity contribution in [3.63, 3.8) is 0 Å². The first-order valence-electron chi connectivity index (χ1n) is 4.42. The van der Waals surface area contributed by atoms with Crippen LogP contribution >= 0.6 is 0 Å². The first kappa shape index (κ1) is 9.78. The van der Waals surface area contributed by atoms with Crippen LogP contribution in [0.2, 0.25) is 0 Å². The topological polar surface area (TPSA) is 26.3 Å². The van der Waals surface area contributed by atoms with Gasteiger partial charge in [-0.3, -0.25) is 0 Å². The van der Waals surface area contributed by atoms with Crippen molar-refractivity contribution >= 4 is 6.47 Å². The van der Waals surface area contributed by atoms with Crippen molar-refractivity contribution in [3.05, 3.63) is 29.8 Å². The molecule has 2 nitrogen and oxygen atoms in total. The molecule has 0 saturated heterocycles. The van der Waals surface area contributed by atoms with Crippen LogP contribution < -0.4 is 4.74 Å². The molecule has 0 bridgehead atoms. The molecule has 1 aromatic rings. The van der Waals surface area contributed by atoms with E-state index in [1.54, 1.807) is 6.07 Å². The third-order valence-corrected chi connectivity index (χ3v) is 2.21. The summed E-state index contributed by atoms with van der Waals surface area (Å²) >= 11 is 0. The van der Waals surface area contributed by atoms with Crippen LogP contribution in [0.15, 0.2) is 24.3 Å². The highest BCUT2D eigenvalue weighted by Crippen LogP contribution is 2.27. The molecular formula is C11H13O2. The van der Waals surface area contributed by atoms with Crippen LogP contribution in [0.25, 0.3) is 0 Å². The summed E-state index contributed by atoms with van der Waals surface area (Å²) in [6, 6.07) is 7.55. The molecule has 1 rings (SSSR count). The maximum Gasteiger partial charge on any atom is 0.423 e. The van der Waals surface area contributed by atoms with E-state index in [4.69, 9.17) is 4.74 Å². The van der Waals surface area contributed by atoms with E-state index in [1.807, 2.05) is 18.2 Å². The van der Waals surface area contributed by atoms with Gasteiger partial charge in [-0.25, -0.2) is 4.79 Å². The van der Waals surface area contributed by atoms with Gasteiger partial charge in [-0.05, 0) is 24.0 Å².